The van der Waals surface area contributed by atoms with Crippen LogP contribution >= 0.6 is 11.3 Å². The van der Waals surface area contributed by atoms with Gasteiger partial charge in [-0.15, -0.1) is 11.3 Å². The van der Waals surface area contributed by atoms with Crippen LogP contribution in [0.25, 0.3) is 22.0 Å². The van der Waals surface area contributed by atoms with Crippen molar-refractivity contribution in [2.24, 2.45) is 5.92 Å². The lowest BCUT2D eigenvalue weighted by molar-refractivity contribution is 0.129. The summed E-state index contributed by atoms with van der Waals surface area (Å²) in [6.07, 6.45) is 9.40. The molecule has 3 heterocycles. The first-order valence-corrected chi connectivity index (χ1v) is 14.0. The first-order chi connectivity index (χ1) is 17.6. The van der Waals surface area contributed by atoms with E-state index in [2.05, 4.69) is 15.4 Å². The highest BCUT2D eigenvalue weighted by Gasteiger charge is 2.23. The molecule has 3 aromatic rings. The molecule has 0 spiro atoms. The van der Waals surface area contributed by atoms with Crippen molar-refractivity contribution in [1.29, 1.82) is 0 Å². The summed E-state index contributed by atoms with van der Waals surface area (Å²) in [7, 11) is 1.67. The zero-order valence-corrected chi connectivity index (χ0v) is 22.1. The number of hydrogen-bond acceptors (Lipinski definition) is 6. The topological polar surface area (TPSA) is 68.6 Å². The summed E-state index contributed by atoms with van der Waals surface area (Å²) in [5.41, 5.74) is 6.88. The van der Waals surface area contributed by atoms with Crippen LogP contribution in [0.1, 0.15) is 57.1 Å². The normalized spacial score (nSPS) is 17.2. The molecule has 1 aliphatic carbocycles. The van der Waals surface area contributed by atoms with Crippen molar-refractivity contribution in [2.45, 2.75) is 64.8 Å². The summed E-state index contributed by atoms with van der Waals surface area (Å²) in [6.45, 7) is 4.71. The summed E-state index contributed by atoms with van der Waals surface area (Å²) in [6, 6.07) is 9.97. The van der Waals surface area contributed by atoms with Crippen LogP contribution in [0.15, 0.2) is 35.7 Å². The second-order valence-corrected chi connectivity index (χ2v) is 10.8. The molecule has 1 saturated carbocycles. The Bertz CT molecular complexity index is 1160. The highest BCUT2D eigenvalue weighted by atomic mass is 32.1. The molecular weight excluding hydrogens is 472 g/mol. The van der Waals surface area contributed by atoms with Gasteiger partial charge in [0.25, 0.3) is 0 Å². The van der Waals surface area contributed by atoms with Gasteiger partial charge >= 0.3 is 6.09 Å². The van der Waals surface area contributed by atoms with Gasteiger partial charge in [0.15, 0.2) is 5.75 Å². The number of piperidine rings is 1. The van der Waals surface area contributed by atoms with Gasteiger partial charge in [-0.05, 0) is 62.8 Å². The molecule has 0 unspecified atom stereocenters. The molecular formula is C28H36N4O3S. The van der Waals surface area contributed by atoms with Crippen molar-refractivity contribution in [3.8, 4) is 33.5 Å². The van der Waals surface area contributed by atoms with Gasteiger partial charge in [0.1, 0.15) is 10.8 Å². The molecule has 1 aliphatic heterocycles. The van der Waals surface area contributed by atoms with E-state index in [9.17, 15) is 4.79 Å². The average Bonchev–Trinajstić information content (AvgIpc) is 3.51. The molecule has 7 nitrogen and oxygen atoms in total. The molecule has 36 heavy (non-hydrogen) atoms. The van der Waals surface area contributed by atoms with Gasteiger partial charge in [-0.3, -0.25) is 5.43 Å². The molecule has 2 aromatic heterocycles. The summed E-state index contributed by atoms with van der Waals surface area (Å²) >= 11 is 1.63. The number of benzene rings is 1. The Kier molecular flexibility index (Phi) is 7.92. The Labute approximate surface area is 217 Å². The number of amides is 1. The van der Waals surface area contributed by atoms with E-state index in [-0.39, 0.29) is 0 Å². The summed E-state index contributed by atoms with van der Waals surface area (Å²) in [5.74, 6) is 2.07. The third-order valence-corrected chi connectivity index (χ3v) is 8.29. The zero-order chi connectivity index (χ0) is 24.9. The predicted molar refractivity (Wildman–Crippen MR) is 143 cm³/mol. The van der Waals surface area contributed by atoms with E-state index in [0.717, 1.165) is 65.9 Å². The van der Waals surface area contributed by atoms with Crippen molar-refractivity contribution in [3.05, 3.63) is 41.4 Å². The predicted octanol–water partition coefficient (Wildman–Crippen LogP) is 6.67. The first kappa shape index (κ1) is 24.8. The Balaban J connectivity index is 1.40. The van der Waals surface area contributed by atoms with E-state index >= 15 is 0 Å². The molecule has 192 valence electrons. The van der Waals surface area contributed by atoms with Gasteiger partial charge in [-0.1, -0.05) is 25.7 Å². The van der Waals surface area contributed by atoms with Crippen LogP contribution in [0.2, 0.25) is 0 Å². The number of nitrogens with one attached hydrogen (secondary N) is 1. The Morgan fingerprint density at radius 2 is 1.81 bits per heavy atom. The lowest BCUT2D eigenvalue weighted by Crippen LogP contribution is -2.46. The standard InChI is InChI=1S/C28H36N4O3S/c1-20-26(35-28(33)30-31-15-7-4-8-16-31)17-25(32(20)18-21-9-5-3-6-10-21)24-19-36-27(29-24)22-11-13-23(34-2)14-12-22/h11-14,17,19,21H,3-10,15-16,18H2,1-2H3,(H,30,33). The lowest BCUT2D eigenvalue weighted by atomic mass is 9.89. The molecule has 1 N–H and O–H groups in total. The van der Waals surface area contributed by atoms with E-state index in [1.807, 2.05) is 42.3 Å². The number of ether oxygens (including phenoxy) is 2. The van der Waals surface area contributed by atoms with Crippen LogP contribution in [-0.4, -0.2) is 40.9 Å². The van der Waals surface area contributed by atoms with Gasteiger partial charge in [-0.25, -0.2) is 14.8 Å². The smallest absolute Gasteiger partial charge is 0.427 e. The van der Waals surface area contributed by atoms with Crippen molar-refractivity contribution in [2.75, 3.05) is 20.2 Å². The van der Waals surface area contributed by atoms with Crippen molar-refractivity contribution in [3.63, 3.8) is 0 Å². The highest BCUT2D eigenvalue weighted by Crippen LogP contribution is 2.36. The minimum atomic E-state index is -0.418. The van der Waals surface area contributed by atoms with Gasteiger partial charge in [0.05, 0.1) is 24.2 Å². The SMILES string of the molecule is COc1ccc(-c2nc(-c3cc(OC(=O)NN4CCCCC4)c(C)n3CC3CCCCC3)cs2)cc1. The number of hydrogen-bond donors (Lipinski definition) is 1. The molecule has 1 amide bonds. The first-order valence-electron chi connectivity index (χ1n) is 13.1. The van der Waals surface area contributed by atoms with Crippen molar-refractivity contribution in [1.82, 2.24) is 20.0 Å². The second kappa shape index (κ2) is 11.5. The monoisotopic (exact) mass is 508 g/mol. The van der Waals surface area contributed by atoms with Crippen LogP contribution in [0, 0.1) is 12.8 Å². The fourth-order valence-electron chi connectivity index (χ4n) is 5.31. The van der Waals surface area contributed by atoms with Crippen LogP contribution in [0.4, 0.5) is 4.79 Å². The van der Waals surface area contributed by atoms with Crippen LogP contribution in [-0.2, 0) is 6.54 Å². The van der Waals surface area contributed by atoms with Gasteiger partial charge in [-0.2, -0.15) is 0 Å². The number of nitrogens with zero attached hydrogens (tertiary/aromatic N) is 3. The fourth-order valence-corrected chi connectivity index (χ4v) is 6.13. The minimum absolute atomic E-state index is 0.418. The molecule has 2 fully saturated rings. The highest BCUT2D eigenvalue weighted by molar-refractivity contribution is 7.13. The summed E-state index contributed by atoms with van der Waals surface area (Å²) in [5, 5.41) is 5.02. The van der Waals surface area contributed by atoms with E-state index in [1.165, 1.54) is 38.5 Å². The van der Waals surface area contributed by atoms with Gasteiger partial charge in [0, 0.05) is 36.6 Å². The van der Waals surface area contributed by atoms with E-state index < -0.39 is 6.09 Å². The van der Waals surface area contributed by atoms with Crippen LogP contribution in [0.3, 0.4) is 0 Å². The van der Waals surface area contributed by atoms with Crippen LogP contribution < -0.4 is 14.9 Å². The second-order valence-electron chi connectivity index (χ2n) is 9.91. The molecule has 8 heteroatoms. The van der Waals surface area contributed by atoms with Crippen LogP contribution in [0.5, 0.6) is 11.5 Å². The zero-order valence-electron chi connectivity index (χ0n) is 21.3. The number of thiazole rings is 1. The Morgan fingerprint density at radius 1 is 1.08 bits per heavy atom. The van der Waals surface area contributed by atoms with Gasteiger partial charge in [0.2, 0.25) is 0 Å². The molecule has 1 aromatic carbocycles. The van der Waals surface area contributed by atoms with Crippen molar-refractivity contribution >= 4 is 17.4 Å². The number of methoxy groups -OCH3 is 1. The Morgan fingerprint density at radius 3 is 2.53 bits per heavy atom. The molecule has 2 aliphatic rings. The quantitative estimate of drug-likeness (QED) is 0.386. The number of carbonyl (C=O) groups excluding carboxylic acids is 1. The number of carbonyl (C=O) groups is 1. The maximum atomic E-state index is 12.7. The largest absolute Gasteiger partial charge is 0.497 e. The summed E-state index contributed by atoms with van der Waals surface area (Å²) < 4.78 is 13.5. The average molecular weight is 509 g/mol. The van der Waals surface area contributed by atoms with Crippen molar-refractivity contribution < 1.29 is 14.3 Å². The maximum absolute atomic E-state index is 12.7. The van der Waals surface area contributed by atoms with E-state index in [4.69, 9.17) is 14.5 Å². The van der Waals surface area contributed by atoms with E-state index in [1.54, 1.807) is 18.4 Å². The Hall–Kier alpha value is -2.84. The maximum Gasteiger partial charge on any atom is 0.427 e. The minimum Gasteiger partial charge on any atom is -0.497 e. The lowest BCUT2D eigenvalue weighted by Gasteiger charge is -2.26. The summed E-state index contributed by atoms with van der Waals surface area (Å²) in [4.78, 5) is 17.7. The molecule has 5 rings (SSSR count). The number of aromatic nitrogens is 2. The van der Waals surface area contributed by atoms with E-state index in [0.29, 0.717) is 11.7 Å². The fraction of sp³-hybridized carbons (Fsp3) is 0.500. The van der Waals surface area contributed by atoms with Gasteiger partial charge < -0.3 is 14.0 Å². The molecule has 0 bridgehead atoms. The third kappa shape index (κ3) is 5.76. The number of rotatable bonds is 7. The molecule has 0 atom stereocenters. The number of hydrazine groups is 1. The molecule has 1 saturated heterocycles. The third-order valence-electron chi connectivity index (χ3n) is 7.40. The molecule has 0 radical (unpaired) electrons.